The zero-order chi connectivity index (χ0) is 36.3. The number of ketones is 2. The highest BCUT2D eigenvalue weighted by Crippen LogP contribution is 2.30. The molecule has 2 nitrogen and oxygen atoms in total. The minimum atomic E-state index is -0.00660. The van der Waals surface area contributed by atoms with Crippen LogP contribution in [0.2, 0.25) is 0 Å². The third kappa shape index (κ3) is 15.7. The number of hydrogen-bond donors (Lipinski definition) is 0. The molecule has 266 valence electrons. The van der Waals surface area contributed by atoms with E-state index < -0.39 is 0 Å². The summed E-state index contributed by atoms with van der Waals surface area (Å²) in [6.07, 6.45) is 30.4. The summed E-state index contributed by atoms with van der Waals surface area (Å²) in [6, 6.07) is 5.55. The first-order chi connectivity index (χ1) is 23.3. The lowest BCUT2D eigenvalue weighted by atomic mass is 9.81. The Balaban J connectivity index is 1.67. The summed E-state index contributed by atoms with van der Waals surface area (Å²) in [5, 5.41) is 0. The molecule has 2 rings (SSSR count). The normalized spacial score (nSPS) is 15.3. The summed E-state index contributed by atoms with van der Waals surface area (Å²) in [7, 11) is 0. The van der Waals surface area contributed by atoms with Crippen molar-refractivity contribution in [1.29, 1.82) is 0 Å². The maximum absolute atomic E-state index is 13.1. The van der Waals surface area contributed by atoms with Crippen LogP contribution in [0.25, 0.3) is 0 Å². The number of Topliss-reactive ketones (excluding diaryl/α,β-unsaturated/α-hetero) is 2. The predicted octanol–water partition coefficient (Wildman–Crippen LogP) is 14.4. The molecule has 2 heteroatoms. The van der Waals surface area contributed by atoms with Crippen LogP contribution in [0.4, 0.5) is 0 Å². The Hall–Kier alpha value is -3.52. The van der Waals surface area contributed by atoms with Gasteiger partial charge in [-0.1, -0.05) is 99.7 Å². The average Bonchev–Trinajstić information content (AvgIpc) is 3.03. The highest BCUT2D eigenvalue weighted by atomic mass is 16.1. The molecule has 0 atom stereocenters. The topological polar surface area (TPSA) is 34.1 Å². The number of fused-ring (bicyclic) bond motifs is 1. The minimum Gasteiger partial charge on any atom is -0.289 e. The number of carbonyl (C=O) groups is 2. The zero-order valence-corrected chi connectivity index (χ0v) is 32.8. The second kappa shape index (κ2) is 22.2. The fourth-order valence-electron chi connectivity index (χ4n) is 6.27. The van der Waals surface area contributed by atoms with Gasteiger partial charge in [0.2, 0.25) is 0 Å². The number of hydrogen-bond acceptors (Lipinski definition) is 2. The first-order valence-electron chi connectivity index (χ1n) is 18.8. The van der Waals surface area contributed by atoms with E-state index in [1.54, 1.807) is 13.0 Å². The van der Waals surface area contributed by atoms with Gasteiger partial charge in [-0.3, -0.25) is 9.59 Å². The summed E-state index contributed by atoms with van der Waals surface area (Å²) in [5.41, 5.74) is 13.3. The lowest BCUT2D eigenvalue weighted by molar-refractivity contribution is 0.0972. The highest BCUT2D eigenvalue weighted by Gasteiger charge is 2.30. The molecule has 0 bridgehead atoms. The largest absolute Gasteiger partial charge is 0.289 e. The molecule has 0 saturated heterocycles. The summed E-state index contributed by atoms with van der Waals surface area (Å²) in [6.45, 7) is 21.5. The van der Waals surface area contributed by atoms with E-state index in [1.807, 2.05) is 19.1 Å². The molecule has 0 aliphatic heterocycles. The van der Waals surface area contributed by atoms with Crippen molar-refractivity contribution in [3.63, 3.8) is 0 Å². The van der Waals surface area contributed by atoms with Gasteiger partial charge in [0.25, 0.3) is 0 Å². The summed E-state index contributed by atoms with van der Waals surface area (Å²) in [4.78, 5) is 26.1. The van der Waals surface area contributed by atoms with Gasteiger partial charge in [-0.25, -0.2) is 0 Å². The zero-order valence-electron chi connectivity index (χ0n) is 32.8. The van der Waals surface area contributed by atoms with E-state index in [-0.39, 0.29) is 11.6 Å². The van der Waals surface area contributed by atoms with E-state index in [9.17, 15) is 9.59 Å². The number of allylic oxidation sites excluding steroid dienone is 16. The molecule has 0 spiro atoms. The summed E-state index contributed by atoms with van der Waals surface area (Å²) >= 11 is 0. The maximum Gasteiger partial charge on any atom is 0.190 e. The Bertz CT molecular complexity index is 1540. The van der Waals surface area contributed by atoms with Gasteiger partial charge in [-0.2, -0.15) is 0 Å². The van der Waals surface area contributed by atoms with Crippen molar-refractivity contribution in [2.24, 2.45) is 0 Å². The Morgan fingerprint density at radius 2 is 0.857 bits per heavy atom. The van der Waals surface area contributed by atoms with Crippen molar-refractivity contribution in [1.82, 2.24) is 0 Å². The molecule has 1 aliphatic carbocycles. The standard InChI is InChI=1S/C47H66O2/c1-34(2)18-11-19-35(3)20-12-21-36(4)22-13-23-37(5)24-14-25-38(6)26-15-27-39(7)28-16-29-40(8)32-33-43-42(10)46(48)45-41(9)30-17-31-44(45)47(43)49/h17-18,20,22,24,26,28,30-32H,11-16,19,21,23,25,27,29,33H2,1-10H3/b35-20+,36-22+,37-24+,38-26+,39-28+,40-32+. The van der Waals surface area contributed by atoms with Gasteiger partial charge in [-0.15, -0.1) is 0 Å². The van der Waals surface area contributed by atoms with Gasteiger partial charge in [-0.05, 0) is 158 Å². The molecular formula is C47H66O2. The molecule has 0 fully saturated rings. The molecule has 0 aromatic heterocycles. The van der Waals surface area contributed by atoms with Crippen LogP contribution in [0, 0.1) is 6.92 Å². The SMILES string of the molecule is CC(C)=CCC/C(C)=C/CC/C(C)=C/CC/C(C)=C/CC/C(C)=C/CC/C(C)=C/CC/C(C)=C/CC1=C(C)C(=O)c2c(C)cccc2C1=O. The molecule has 0 radical (unpaired) electrons. The molecule has 1 aromatic rings. The maximum atomic E-state index is 13.1. The third-order valence-electron chi connectivity index (χ3n) is 9.72. The van der Waals surface area contributed by atoms with Gasteiger partial charge < -0.3 is 0 Å². The molecular weight excluding hydrogens is 597 g/mol. The van der Waals surface area contributed by atoms with Crippen LogP contribution >= 0.6 is 0 Å². The van der Waals surface area contributed by atoms with Crippen LogP contribution < -0.4 is 0 Å². The lowest BCUT2D eigenvalue weighted by Gasteiger charge is -2.20. The van der Waals surface area contributed by atoms with Crippen molar-refractivity contribution in [2.45, 2.75) is 153 Å². The quantitative estimate of drug-likeness (QED) is 0.130. The highest BCUT2D eigenvalue weighted by molar-refractivity contribution is 6.27. The number of aryl methyl sites for hydroxylation is 1. The summed E-state index contributed by atoms with van der Waals surface area (Å²) in [5.74, 6) is -0.00742. The van der Waals surface area contributed by atoms with Gasteiger partial charge >= 0.3 is 0 Å². The molecule has 0 amide bonds. The predicted molar refractivity (Wildman–Crippen MR) is 215 cm³/mol. The van der Waals surface area contributed by atoms with Gasteiger partial charge in [0, 0.05) is 22.3 Å². The second-order valence-electron chi connectivity index (χ2n) is 14.8. The average molecular weight is 663 g/mol. The molecule has 49 heavy (non-hydrogen) atoms. The minimum absolute atomic E-state index is 0.000815. The van der Waals surface area contributed by atoms with E-state index >= 15 is 0 Å². The molecule has 0 saturated carbocycles. The molecule has 1 aromatic carbocycles. The third-order valence-corrected chi connectivity index (χ3v) is 9.72. The first kappa shape index (κ1) is 41.7. The Morgan fingerprint density at radius 3 is 1.24 bits per heavy atom. The lowest BCUT2D eigenvalue weighted by Crippen LogP contribution is -2.21. The van der Waals surface area contributed by atoms with Crippen molar-refractivity contribution in [3.05, 3.63) is 128 Å². The van der Waals surface area contributed by atoms with E-state index in [2.05, 4.69) is 97.9 Å². The van der Waals surface area contributed by atoms with Crippen molar-refractivity contribution >= 4 is 11.6 Å². The number of benzene rings is 1. The van der Waals surface area contributed by atoms with E-state index in [4.69, 9.17) is 0 Å². The molecule has 0 unspecified atom stereocenters. The van der Waals surface area contributed by atoms with E-state index in [0.717, 1.165) is 69.8 Å². The fraction of sp³-hybridized carbons (Fsp3) is 0.489. The fourth-order valence-corrected chi connectivity index (χ4v) is 6.27. The van der Waals surface area contributed by atoms with Crippen molar-refractivity contribution in [2.75, 3.05) is 0 Å². The van der Waals surface area contributed by atoms with Crippen molar-refractivity contribution in [3.8, 4) is 0 Å². The first-order valence-corrected chi connectivity index (χ1v) is 18.8. The van der Waals surface area contributed by atoms with Crippen molar-refractivity contribution < 1.29 is 9.59 Å². The molecule has 0 N–H and O–H groups in total. The van der Waals surface area contributed by atoms with Crippen LogP contribution in [0.3, 0.4) is 0 Å². The van der Waals surface area contributed by atoms with E-state index in [0.29, 0.717) is 28.7 Å². The summed E-state index contributed by atoms with van der Waals surface area (Å²) < 4.78 is 0. The van der Waals surface area contributed by atoms with Gasteiger partial charge in [0.05, 0.1) is 0 Å². The van der Waals surface area contributed by atoms with Crippen LogP contribution in [-0.2, 0) is 0 Å². The molecule has 0 heterocycles. The monoisotopic (exact) mass is 663 g/mol. The Morgan fingerprint density at radius 1 is 0.490 bits per heavy atom. The smallest absolute Gasteiger partial charge is 0.190 e. The van der Waals surface area contributed by atoms with Gasteiger partial charge in [0.1, 0.15) is 0 Å². The van der Waals surface area contributed by atoms with Gasteiger partial charge in [0.15, 0.2) is 11.6 Å². The van der Waals surface area contributed by atoms with Crippen LogP contribution in [0.1, 0.15) is 172 Å². The van der Waals surface area contributed by atoms with Crippen LogP contribution in [0.5, 0.6) is 0 Å². The second-order valence-corrected chi connectivity index (χ2v) is 14.8. The Kier molecular flexibility index (Phi) is 18.9. The molecule has 1 aliphatic rings. The van der Waals surface area contributed by atoms with Crippen LogP contribution in [-0.4, -0.2) is 11.6 Å². The van der Waals surface area contributed by atoms with E-state index in [1.165, 1.54) is 51.9 Å². The Labute approximate surface area is 300 Å². The number of carbonyl (C=O) groups excluding carboxylic acids is 2. The van der Waals surface area contributed by atoms with Crippen LogP contribution in [0.15, 0.2) is 111 Å². The number of rotatable bonds is 20.